The lowest BCUT2D eigenvalue weighted by molar-refractivity contribution is -0.113. The van der Waals surface area contributed by atoms with E-state index in [9.17, 15) is 4.79 Å². The number of carbonyl (C=O) groups excluding carboxylic acids is 1. The van der Waals surface area contributed by atoms with Crippen molar-refractivity contribution in [1.29, 1.82) is 0 Å². The number of thioether (sulfide) groups is 1. The van der Waals surface area contributed by atoms with E-state index in [1.165, 1.54) is 34.2 Å². The third-order valence-electron chi connectivity index (χ3n) is 3.54. The average molecular weight is 355 g/mol. The zero-order valence-electron chi connectivity index (χ0n) is 13.4. The lowest BCUT2D eigenvalue weighted by Crippen LogP contribution is -2.13. The van der Waals surface area contributed by atoms with E-state index in [2.05, 4.69) is 47.3 Å². The number of nitrogens with zero attached hydrogens (tertiary/aromatic N) is 2. The van der Waals surface area contributed by atoms with Gasteiger partial charge >= 0.3 is 0 Å². The fourth-order valence-corrected chi connectivity index (χ4v) is 3.49. The monoisotopic (exact) mass is 355 g/mol. The van der Waals surface area contributed by atoms with Crippen molar-refractivity contribution in [3.8, 4) is 11.3 Å². The van der Waals surface area contributed by atoms with Crippen LogP contribution in [-0.2, 0) is 4.79 Å². The van der Waals surface area contributed by atoms with Gasteiger partial charge in [0, 0.05) is 17.1 Å². The van der Waals surface area contributed by atoms with E-state index in [4.69, 9.17) is 0 Å². The standard InChI is InChI=1S/C18H17N3OS2/c1-12-6-7-14(9-13(12)2)15-10-24-18(20-15)21-16(22)11-23-17-5-3-4-8-19-17/h3-10H,11H2,1-2H3,(H,20,21,22). The number of carbonyl (C=O) groups is 1. The third kappa shape index (κ3) is 4.21. The molecule has 2 heterocycles. The van der Waals surface area contributed by atoms with E-state index in [-0.39, 0.29) is 5.91 Å². The van der Waals surface area contributed by atoms with Crippen molar-refractivity contribution in [2.24, 2.45) is 0 Å². The number of aromatic nitrogens is 2. The molecule has 122 valence electrons. The molecule has 0 radical (unpaired) electrons. The van der Waals surface area contributed by atoms with E-state index >= 15 is 0 Å². The highest BCUT2D eigenvalue weighted by Gasteiger charge is 2.09. The predicted molar refractivity (Wildman–Crippen MR) is 101 cm³/mol. The van der Waals surface area contributed by atoms with Gasteiger partial charge in [0.05, 0.1) is 16.5 Å². The maximum absolute atomic E-state index is 12.0. The van der Waals surface area contributed by atoms with Gasteiger partial charge in [0.1, 0.15) is 0 Å². The molecule has 1 amide bonds. The first-order valence-corrected chi connectivity index (χ1v) is 9.35. The zero-order valence-corrected chi connectivity index (χ0v) is 15.1. The quantitative estimate of drug-likeness (QED) is 0.682. The Bertz CT molecular complexity index is 846. The van der Waals surface area contributed by atoms with Gasteiger partial charge in [-0.15, -0.1) is 11.3 Å². The Morgan fingerprint density at radius 3 is 2.83 bits per heavy atom. The molecule has 0 bridgehead atoms. The number of hydrogen-bond donors (Lipinski definition) is 1. The number of pyridine rings is 1. The second-order valence-corrected chi connectivity index (χ2v) is 7.20. The Labute approximate surface area is 149 Å². The molecule has 1 N–H and O–H groups in total. The molecule has 6 heteroatoms. The van der Waals surface area contributed by atoms with Crippen molar-refractivity contribution in [3.63, 3.8) is 0 Å². The highest BCUT2D eigenvalue weighted by Crippen LogP contribution is 2.26. The van der Waals surface area contributed by atoms with Crippen LogP contribution >= 0.6 is 23.1 Å². The van der Waals surface area contributed by atoms with E-state index < -0.39 is 0 Å². The molecule has 4 nitrogen and oxygen atoms in total. The number of thiazole rings is 1. The van der Waals surface area contributed by atoms with Gasteiger partial charge in [0.2, 0.25) is 5.91 Å². The minimum atomic E-state index is -0.0772. The van der Waals surface area contributed by atoms with Gasteiger partial charge < -0.3 is 5.32 Å². The largest absolute Gasteiger partial charge is 0.301 e. The van der Waals surface area contributed by atoms with Gasteiger partial charge in [-0.05, 0) is 43.2 Å². The topological polar surface area (TPSA) is 54.9 Å². The second-order valence-electron chi connectivity index (χ2n) is 5.34. The molecule has 0 atom stereocenters. The fraction of sp³-hybridized carbons (Fsp3) is 0.167. The first kappa shape index (κ1) is 16.7. The van der Waals surface area contributed by atoms with Gasteiger partial charge in [0.15, 0.2) is 5.13 Å². The predicted octanol–water partition coefficient (Wildman–Crippen LogP) is 4.55. The average Bonchev–Trinajstić information content (AvgIpc) is 3.05. The lowest BCUT2D eigenvalue weighted by Gasteiger charge is -2.03. The van der Waals surface area contributed by atoms with Crippen molar-refractivity contribution in [1.82, 2.24) is 9.97 Å². The summed E-state index contributed by atoms with van der Waals surface area (Å²) in [4.78, 5) is 20.7. The smallest absolute Gasteiger partial charge is 0.236 e. The van der Waals surface area contributed by atoms with E-state index in [0.29, 0.717) is 10.9 Å². The Hall–Kier alpha value is -2.18. The molecule has 0 fully saturated rings. The molecule has 0 unspecified atom stereocenters. The van der Waals surface area contributed by atoms with Crippen molar-refractivity contribution in [2.75, 3.05) is 11.1 Å². The van der Waals surface area contributed by atoms with Crippen LogP contribution in [0, 0.1) is 13.8 Å². The number of amides is 1. The Morgan fingerprint density at radius 2 is 2.08 bits per heavy atom. The molecule has 0 saturated heterocycles. The number of aryl methyl sites for hydroxylation is 2. The van der Waals surface area contributed by atoms with Gasteiger partial charge in [-0.1, -0.05) is 30.0 Å². The van der Waals surface area contributed by atoms with E-state index in [0.717, 1.165) is 16.3 Å². The summed E-state index contributed by atoms with van der Waals surface area (Å²) in [5, 5.41) is 6.27. The molecule has 24 heavy (non-hydrogen) atoms. The van der Waals surface area contributed by atoms with E-state index in [1.807, 2.05) is 23.6 Å². The SMILES string of the molecule is Cc1ccc(-c2csc(NC(=O)CSc3ccccn3)n2)cc1C. The van der Waals surface area contributed by atoms with Gasteiger partial charge in [-0.3, -0.25) is 4.79 Å². The molecule has 0 aliphatic rings. The van der Waals surface area contributed by atoms with Gasteiger partial charge in [-0.2, -0.15) is 0 Å². The summed E-state index contributed by atoms with van der Waals surface area (Å²) < 4.78 is 0. The molecule has 0 saturated carbocycles. The van der Waals surface area contributed by atoms with Crippen LogP contribution in [-0.4, -0.2) is 21.6 Å². The van der Waals surface area contributed by atoms with Crippen LogP contribution in [0.3, 0.4) is 0 Å². The first-order valence-electron chi connectivity index (χ1n) is 7.48. The van der Waals surface area contributed by atoms with Crippen LogP contribution in [0.25, 0.3) is 11.3 Å². The maximum Gasteiger partial charge on any atom is 0.236 e. The Kier molecular flexibility index (Phi) is 5.27. The summed E-state index contributed by atoms with van der Waals surface area (Å²) in [6, 6.07) is 11.9. The fourth-order valence-electron chi connectivity index (χ4n) is 2.09. The number of anilines is 1. The number of rotatable bonds is 5. The summed E-state index contributed by atoms with van der Waals surface area (Å²) in [5.41, 5.74) is 4.44. The highest BCUT2D eigenvalue weighted by molar-refractivity contribution is 7.99. The van der Waals surface area contributed by atoms with Crippen LogP contribution in [0.2, 0.25) is 0 Å². The Morgan fingerprint density at radius 1 is 1.21 bits per heavy atom. The molecule has 3 rings (SSSR count). The highest BCUT2D eigenvalue weighted by atomic mass is 32.2. The minimum absolute atomic E-state index is 0.0772. The zero-order chi connectivity index (χ0) is 16.9. The molecule has 0 aliphatic carbocycles. The normalized spacial score (nSPS) is 10.6. The van der Waals surface area contributed by atoms with E-state index in [1.54, 1.807) is 6.20 Å². The van der Waals surface area contributed by atoms with Gasteiger partial charge in [0.25, 0.3) is 0 Å². The first-order chi connectivity index (χ1) is 11.6. The van der Waals surface area contributed by atoms with Crippen LogP contribution in [0.15, 0.2) is 53.0 Å². The third-order valence-corrected chi connectivity index (χ3v) is 5.24. The molecular weight excluding hydrogens is 338 g/mol. The summed E-state index contributed by atoms with van der Waals surface area (Å²) in [6.45, 7) is 4.17. The summed E-state index contributed by atoms with van der Waals surface area (Å²) in [5.74, 6) is 0.238. The summed E-state index contributed by atoms with van der Waals surface area (Å²) in [7, 11) is 0. The summed E-state index contributed by atoms with van der Waals surface area (Å²) >= 11 is 2.84. The van der Waals surface area contributed by atoms with Crippen LogP contribution in [0.1, 0.15) is 11.1 Å². The molecule has 3 aromatic rings. The molecule has 0 spiro atoms. The van der Waals surface area contributed by atoms with Crippen LogP contribution < -0.4 is 5.32 Å². The Balaban J connectivity index is 1.61. The number of benzene rings is 1. The minimum Gasteiger partial charge on any atom is -0.301 e. The molecular formula is C18H17N3OS2. The second kappa shape index (κ2) is 7.59. The van der Waals surface area contributed by atoms with Crippen LogP contribution in [0.5, 0.6) is 0 Å². The number of nitrogens with one attached hydrogen (secondary N) is 1. The van der Waals surface area contributed by atoms with Crippen LogP contribution in [0.4, 0.5) is 5.13 Å². The van der Waals surface area contributed by atoms with Crippen molar-refractivity contribution in [3.05, 3.63) is 59.1 Å². The molecule has 2 aromatic heterocycles. The maximum atomic E-state index is 12.0. The molecule has 1 aromatic carbocycles. The van der Waals surface area contributed by atoms with Crippen molar-refractivity contribution < 1.29 is 4.79 Å². The lowest BCUT2D eigenvalue weighted by atomic mass is 10.1. The van der Waals surface area contributed by atoms with Gasteiger partial charge in [-0.25, -0.2) is 9.97 Å². The molecule has 0 aliphatic heterocycles. The van der Waals surface area contributed by atoms with Crippen molar-refractivity contribution in [2.45, 2.75) is 18.9 Å². The summed E-state index contributed by atoms with van der Waals surface area (Å²) in [6.07, 6.45) is 1.72. The van der Waals surface area contributed by atoms with Crippen molar-refractivity contribution >= 4 is 34.1 Å². The number of hydrogen-bond acceptors (Lipinski definition) is 5.